The molecule has 1 aliphatic rings. The molecule has 0 atom stereocenters. The normalized spacial score (nSPS) is 15.5. The lowest BCUT2D eigenvalue weighted by atomic mass is 10.2. The number of carbonyl (C=O) groups is 1. The molecular weight excluding hydrogens is 438 g/mol. The zero-order valence-corrected chi connectivity index (χ0v) is 19.3. The zero-order chi connectivity index (χ0) is 21.3. The van der Waals surface area contributed by atoms with Crippen LogP contribution in [0.1, 0.15) is 16.8 Å². The number of hydrogen-bond acceptors (Lipinski definition) is 6. The van der Waals surface area contributed by atoms with Crippen molar-refractivity contribution in [2.75, 3.05) is 26.2 Å². The van der Waals surface area contributed by atoms with E-state index in [9.17, 15) is 13.2 Å². The summed E-state index contributed by atoms with van der Waals surface area (Å²) in [7, 11) is -3.55. The maximum atomic E-state index is 13.0. The topological polar surface area (TPSA) is 70.6 Å². The fourth-order valence-corrected chi connectivity index (χ4v) is 6.84. The van der Waals surface area contributed by atoms with Gasteiger partial charge in [0.1, 0.15) is 5.01 Å². The standard InChI is InChI=1S/C21H23N3O3S3/c1-15-5-6-19(16(2)12-15)30(26,27)24-9-7-23(8-10-24)20(25)13-17-14-29-21(22-17)18-4-3-11-28-18/h3-6,11-12,14H,7-10,13H2,1-2H3. The summed E-state index contributed by atoms with van der Waals surface area (Å²) in [6.07, 6.45) is 0.242. The maximum Gasteiger partial charge on any atom is 0.243 e. The van der Waals surface area contributed by atoms with Crippen LogP contribution in [-0.4, -0.2) is 54.7 Å². The number of carbonyl (C=O) groups excluding carboxylic acids is 1. The minimum Gasteiger partial charge on any atom is -0.340 e. The number of benzene rings is 1. The Morgan fingerprint density at radius 1 is 1.10 bits per heavy atom. The molecule has 0 saturated carbocycles. The summed E-state index contributed by atoms with van der Waals surface area (Å²) >= 11 is 3.17. The Balaban J connectivity index is 1.37. The van der Waals surface area contributed by atoms with Crippen LogP contribution >= 0.6 is 22.7 Å². The predicted octanol–water partition coefficient (Wildman–Crippen LogP) is 3.56. The summed E-state index contributed by atoms with van der Waals surface area (Å²) in [6, 6.07) is 9.37. The van der Waals surface area contributed by atoms with Crippen molar-refractivity contribution in [2.45, 2.75) is 25.2 Å². The quantitative estimate of drug-likeness (QED) is 0.583. The number of aryl methyl sites for hydroxylation is 2. The van der Waals surface area contributed by atoms with Crippen molar-refractivity contribution in [1.29, 1.82) is 0 Å². The van der Waals surface area contributed by atoms with Gasteiger partial charge in [-0.3, -0.25) is 4.79 Å². The molecule has 3 aromatic rings. The molecule has 9 heteroatoms. The van der Waals surface area contributed by atoms with Gasteiger partial charge < -0.3 is 4.90 Å². The first-order valence-electron chi connectivity index (χ1n) is 9.68. The van der Waals surface area contributed by atoms with E-state index >= 15 is 0 Å². The first-order chi connectivity index (χ1) is 14.3. The summed E-state index contributed by atoms with van der Waals surface area (Å²) in [4.78, 5) is 20.5. The van der Waals surface area contributed by atoms with E-state index in [2.05, 4.69) is 4.98 Å². The molecule has 0 bridgehead atoms. The van der Waals surface area contributed by atoms with Gasteiger partial charge in [-0.15, -0.1) is 22.7 Å². The second-order valence-electron chi connectivity index (χ2n) is 7.35. The largest absolute Gasteiger partial charge is 0.340 e. The van der Waals surface area contributed by atoms with E-state index in [1.807, 2.05) is 48.9 Å². The van der Waals surface area contributed by atoms with Crippen LogP contribution in [-0.2, 0) is 21.2 Å². The molecule has 0 N–H and O–H groups in total. The van der Waals surface area contributed by atoms with E-state index in [1.165, 1.54) is 4.31 Å². The van der Waals surface area contributed by atoms with Crippen LogP contribution in [0.2, 0.25) is 0 Å². The lowest BCUT2D eigenvalue weighted by Gasteiger charge is -2.34. The van der Waals surface area contributed by atoms with Crippen molar-refractivity contribution in [1.82, 2.24) is 14.2 Å². The Bertz CT molecular complexity index is 1150. The third-order valence-corrected chi connectivity index (χ3v) is 9.14. The number of amides is 1. The Morgan fingerprint density at radius 2 is 1.87 bits per heavy atom. The third-order valence-electron chi connectivity index (χ3n) is 5.16. The van der Waals surface area contributed by atoms with Crippen LogP contribution in [0.25, 0.3) is 9.88 Å². The molecule has 1 aliphatic heterocycles. The van der Waals surface area contributed by atoms with Crippen LogP contribution < -0.4 is 0 Å². The van der Waals surface area contributed by atoms with Gasteiger partial charge in [-0.25, -0.2) is 13.4 Å². The van der Waals surface area contributed by atoms with Crippen LogP contribution in [0, 0.1) is 13.8 Å². The van der Waals surface area contributed by atoms with Crippen molar-refractivity contribution < 1.29 is 13.2 Å². The molecule has 158 valence electrons. The molecule has 4 rings (SSSR count). The number of nitrogens with zero attached hydrogens (tertiary/aromatic N) is 3. The fourth-order valence-electron chi connectivity index (χ4n) is 3.57. The molecule has 1 saturated heterocycles. The van der Waals surface area contributed by atoms with Gasteiger partial charge in [0, 0.05) is 31.6 Å². The number of rotatable bonds is 5. The zero-order valence-electron chi connectivity index (χ0n) is 16.9. The van der Waals surface area contributed by atoms with E-state index in [4.69, 9.17) is 0 Å². The van der Waals surface area contributed by atoms with Crippen molar-refractivity contribution in [3.05, 3.63) is 57.9 Å². The smallest absolute Gasteiger partial charge is 0.243 e. The minimum absolute atomic E-state index is 0.0124. The summed E-state index contributed by atoms with van der Waals surface area (Å²) in [5.41, 5.74) is 2.54. The summed E-state index contributed by atoms with van der Waals surface area (Å²) < 4.78 is 27.5. The van der Waals surface area contributed by atoms with Gasteiger partial charge in [-0.05, 0) is 36.9 Å². The molecular formula is C21H23N3O3S3. The molecule has 1 fully saturated rings. The van der Waals surface area contributed by atoms with Crippen LogP contribution in [0.3, 0.4) is 0 Å². The average molecular weight is 462 g/mol. The van der Waals surface area contributed by atoms with Crippen molar-refractivity contribution >= 4 is 38.6 Å². The molecule has 0 aliphatic carbocycles. The van der Waals surface area contributed by atoms with Gasteiger partial charge in [0.15, 0.2) is 0 Å². The van der Waals surface area contributed by atoms with Gasteiger partial charge >= 0.3 is 0 Å². The molecule has 0 unspecified atom stereocenters. The summed E-state index contributed by atoms with van der Waals surface area (Å²) in [5.74, 6) is -0.0124. The number of thiophene rings is 1. The highest BCUT2D eigenvalue weighted by atomic mass is 32.2. The Hall–Kier alpha value is -2.07. The van der Waals surface area contributed by atoms with E-state index in [1.54, 1.807) is 33.6 Å². The van der Waals surface area contributed by atoms with Crippen molar-refractivity contribution in [3.8, 4) is 9.88 Å². The molecule has 0 spiro atoms. The fraction of sp³-hybridized carbons (Fsp3) is 0.333. The van der Waals surface area contributed by atoms with Gasteiger partial charge in [-0.2, -0.15) is 4.31 Å². The lowest BCUT2D eigenvalue weighted by Crippen LogP contribution is -2.51. The first-order valence-corrected chi connectivity index (χ1v) is 12.9. The highest BCUT2D eigenvalue weighted by Gasteiger charge is 2.31. The molecule has 0 radical (unpaired) electrons. The summed E-state index contributed by atoms with van der Waals surface area (Å²) in [6.45, 7) is 5.16. The average Bonchev–Trinajstić information content (AvgIpc) is 3.39. The molecule has 1 aromatic carbocycles. The Kier molecular flexibility index (Phi) is 6.06. The van der Waals surface area contributed by atoms with Gasteiger partial charge in [0.2, 0.25) is 15.9 Å². The number of hydrogen-bond donors (Lipinski definition) is 0. The maximum absolute atomic E-state index is 13.0. The van der Waals surface area contributed by atoms with Crippen LogP contribution in [0.15, 0.2) is 46.0 Å². The van der Waals surface area contributed by atoms with E-state index in [-0.39, 0.29) is 12.3 Å². The number of aromatic nitrogens is 1. The van der Waals surface area contributed by atoms with E-state index in [0.29, 0.717) is 31.1 Å². The number of piperazine rings is 1. The van der Waals surface area contributed by atoms with Gasteiger partial charge in [0.25, 0.3) is 0 Å². The SMILES string of the molecule is Cc1ccc(S(=O)(=O)N2CCN(C(=O)Cc3csc(-c4cccs4)n3)CC2)c(C)c1. The Morgan fingerprint density at radius 3 is 2.53 bits per heavy atom. The molecule has 2 aromatic heterocycles. The highest BCUT2D eigenvalue weighted by Crippen LogP contribution is 2.28. The lowest BCUT2D eigenvalue weighted by molar-refractivity contribution is -0.131. The minimum atomic E-state index is -3.55. The molecule has 3 heterocycles. The van der Waals surface area contributed by atoms with E-state index < -0.39 is 10.0 Å². The van der Waals surface area contributed by atoms with Gasteiger partial charge in [0.05, 0.1) is 21.9 Å². The predicted molar refractivity (Wildman–Crippen MR) is 120 cm³/mol. The molecule has 6 nitrogen and oxygen atoms in total. The second kappa shape index (κ2) is 8.58. The third kappa shape index (κ3) is 4.34. The van der Waals surface area contributed by atoms with Crippen LogP contribution in [0.4, 0.5) is 0 Å². The van der Waals surface area contributed by atoms with Crippen molar-refractivity contribution in [2.24, 2.45) is 0 Å². The monoisotopic (exact) mass is 461 g/mol. The highest BCUT2D eigenvalue weighted by molar-refractivity contribution is 7.89. The summed E-state index contributed by atoms with van der Waals surface area (Å²) in [5, 5.41) is 4.86. The second-order valence-corrected chi connectivity index (χ2v) is 11.1. The number of thiazole rings is 1. The van der Waals surface area contributed by atoms with Gasteiger partial charge in [-0.1, -0.05) is 23.8 Å². The molecule has 30 heavy (non-hydrogen) atoms. The number of sulfonamides is 1. The van der Waals surface area contributed by atoms with Crippen LogP contribution in [0.5, 0.6) is 0 Å². The first kappa shape index (κ1) is 21.2. The van der Waals surface area contributed by atoms with E-state index in [0.717, 1.165) is 26.7 Å². The Labute approximate surface area is 184 Å². The van der Waals surface area contributed by atoms with Crippen molar-refractivity contribution in [3.63, 3.8) is 0 Å². The molecule has 1 amide bonds.